The van der Waals surface area contributed by atoms with E-state index in [2.05, 4.69) is 4.74 Å². The van der Waals surface area contributed by atoms with Crippen molar-refractivity contribution in [2.75, 3.05) is 0 Å². The Balaban J connectivity index is 1.89. The third kappa shape index (κ3) is 3.22. The van der Waals surface area contributed by atoms with Gasteiger partial charge < -0.3 is 14.4 Å². The van der Waals surface area contributed by atoms with Crippen LogP contribution in [-0.2, 0) is 6.54 Å². The van der Waals surface area contributed by atoms with Crippen molar-refractivity contribution in [3.8, 4) is 11.6 Å². The van der Waals surface area contributed by atoms with Crippen LogP contribution in [0.2, 0.25) is 5.02 Å². The molecule has 3 aromatic rings. The number of fused-ring (bicyclic) bond motifs is 1. The fraction of sp³-hybridized carbons (Fsp3) is 0.125. The molecule has 0 aliphatic heterocycles. The Morgan fingerprint density at radius 2 is 1.87 bits per heavy atom. The van der Waals surface area contributed by atoms with Gasteiger partial charge in [0.05, 0.1) is 17.0 Å². The molecule has 0 unspecified atom stereocenters. The lowest BCUT2D eigenvalue weighted by molar-refractivity contribution is -0.0498. The van der Waals surface area contributed by atoms with Crippen LogP contribution in [0.25, 0.3) is 10.8 Å². The molecule has 0 saturated carbocycles. The van der Waals surface area contributed by atoms with Gasteiger partial charge in [0.2, 0.25) is 5.88 Å². The molecule has 0 bridgehead atoms. The summed E-state index contributed by atoms with van der Waals surface area (Å²) in [5, 5.41) is 11.2. The highest BCUT2D eigenvalue weighted by Gasteiger charge is 2.13. The van der Waals surface area contributed by atoms with Gasteiger partial charge in [0, 0.05) is 11.6 Å². The van der Waals surface area contributed by atoms with Crippen LogP contribution in [0.4, 0.5) is 13.2 Å². The van der Waals surface area contributed by atoms with Crippen LogP contribution in [0.1, 0.15) is 5.56 Å². The summed E-state index contributed by atoms with van der Waals surface area (Å²) in [4.78, 5) is 0. The van der Waals surface area contributed by atoms with Crippen molar-refractivity contribution in [1.82, 2.24) is 4.57 Å². The normalized spacial score (nSPS) is 11.3. The predicted octanol–water partition coefficient (Wildman–Crippen LogP) is 4.79. The number of aromatic nitrogens is 1. The SMILES string of the molecule is Oc1c2c(Cl)cc(F)cc2cn1Cc1ccc(OC(F)F)cc1. The summed E-state index contributed by atoms with van der Waals surface area (Å²) >= 11 is 5.95. The first-order valence-electron chi connectivity index (χ1n) is 6.64. The van der Waals surface area contributed by atoms with Gasteiger partial charge in [0.1, 0.15) is 11.6 Å². The third-order valence-electron chi connectivity index (χ3n) is 3.38. The molecule has 3 nitrogen and oxygen atoms in total. The summed E-state index contributed by atoms with van der Waals surface area (Å²) in [6.07, 6.45) is 1.57. The molecular formula is C16H11ClF3NO2. The monoisotopic (exact) mass is 341 g/mol. The fourth-order valence-electron chi connectivity index (χ4n) is 2.40. The Kier molecular flexibility index (Phi) is 4.09. The third-order valence-corrected chi connectivity index (χ3v) is 3.68. The Morgan fingerprint density at radius 1 is 1.17 bits per heavy atom. The Hall–Kier alpha value is -2.34. The highest BCUT2D eigenvalue weighted by molar-refractivity contribution is 6.36. The molecule has 0 amide bonds. The fourth-order valence-corrected chi connectivity index (χ4v) is 2.70. The van der Waals surface area contributed by atoms with Crippen LogP contribution >= 0.6 is 11.6 Å². The molecule has 0 fully saturated rings. The van der Waals surface area contributed by atoms with Gasteiger partial charge in [0.25, 0.3) is 0 Å². The Labute approximate surface area is 134 Å². The lowest BCUT2D eigenvalue weighted by atomic mass is 10.2. The van der Waals surface area contributed by atoms with Crippen molar-refractivity contribution in [2.24, 2.45) is 0 Å². The molecule has 23 heavy (non-hydrogen) atoms. The van der Waals surface area contributed by atoms with E-state index in [0.717, 1.165) is 11.6 Å². The van der Waals surface area contributed by atoms with Gasteiger partial charge >= 0.3 is 6.61 Å². The van der Waals surface area contributed by atoms with E-state index in [4.69, 9.17) is 11.6 Å². The van der Waals surface area contributed by atoms with Crippen LogP contribution in [0.3, 0.4) is 0 Å². The quantitative estimate of drug-likeness (QED) is 0.740. The van der Waals surface area contributed by atoms with Crippen LogP contribution in [0, 0.1) is 5.82 Å². The molecule has 1 N–H and O–H groups in total. The van der Waals surface area contributed by atoms with Crippen molar-refractivity contribution in [2.45, 2.75) is 13.2 Å². The molecule has 7 heteroatoms. The molecule has 0 spiro atoms. The largest absolute Gasteiger partial charge is 0.494 e. The van der Waals surface area contributed by atoms with E-state index in [0.29, 0.717) is 10.8 Å². The Bertz CT molecular complexity index is 847. The lowest BCUT2D eigenvalue weighted by Gasteiger charge is -2.07. The smallest absolute Gasteiger partial charge is 0.387 e. The van der Waals surface area contributed by atoms with E-state index in [1.807, 2.05) is 0 Å². The van der Waals surface area contributed by atoms with Crippen LogP contribution in [-0.4, -0.2) is 16.3 Å². The van der Waals surface area contributed by atoms with E-state index in [1.165, 1.54) is 22.8 Å². The lowest BCUT2D eigenvalue weighted by Crippen LogP contribution is -2.02. The summed E-state index contributed by atoms with van der Waals surface area (Å²) in [6, 6.07) is 8.43. The minimum atomic E-state index is -2.88. The van der Waals surface area contributed by atoms with Crippen LogP contribution < -0.4 is 4.74 Å². The number of hydrogen-bond acceptors (Lipinski definition) is 2. The molecule has 0 aliphatic rings. The summed E-state index contributed by atoms with van der Waals surface area (Å²) in [7, 11) is 0. The average Bonchev–Trinajstić information content (AvgIpc) is 2.76. The summed E-state index contributed by atoms with van der Waals surface area (Å²) in [5.74, 6) is -0.526. The van der Waals surface area contributed by atoms with Crippen LogP contribution in [0.5, 0.6) is 11.6 Å². The van der Waals surface area contributed by atoms with Crippen molar-refractivity contribution >= 4 is 22.4 Å². The summed E-state index contributed by atoms with van der Waals surface area (Å²) < 4.78 is 43.3. The first-order chi connectivity index (χ1) is 10.9. The van der Waals surface area contributed by atoms with Crippen molar-refractivity contribution < 1.29 is 23.0 Å². The predicted molar refractivity (Wildman–Crippen MR) is 80.7 cm³/mol. The van der Waals surface area contributed by atoms with E-state index >= 15 is 0 Å². The maximum Gasteiger partial charge on any atom is 0.387 e. The van der Waals surface area contributed by atoms with Crippen molar-refractivity contribution in [1.29, 1.82) is 0 Å². The molecule has 0 atom stereocenters. The highest BCUT2D eigenvalue weighted by Crippen LogP contribution is 2.34. The van der Waals surface area contributed by atoms with Gasteiger partial charge in [-0.3, -0.25) is 0 Å². The number of nitrogens with zero attached hydrogens (tertiary/aromatic N) is 1. The first kappa shape index (κ1) is 15.6. The number of aromatic hydroxyl groups is 1. The standard InChI is InChI=1S/C16H11ClF3NO2/c17-13-6-11(18)5-10-8-21(15(22)14(10)13)7-9-1-3-12(4-2-9)23-16(19)20/h1-6,8,16,22H,7H2. The van der Waals surface area contributed by atoms with Gasteiger partial charge in [-0.25, -0.2) is 4.39 Å². The maximum absolute atomic E-state index is 13.4. The van der Waals surface area contributed by atoms with Gasteiger partial charge in [-0.15, -0.1) is 0 Å². The average molecular weight is 342 g/mol. The first-order valence-corrected chi connectivity index (χ1v) is 7.02. The second-order valence-electron chi connectivity index (χ2n) is 4.95. The minimum Gasteiger partial charge on any atom is -0.494 e. The second kappa shape index (κ2) is 6.04. The van der Waals surface area contributed by atoms with E-state index < -0.39 is 12.4 Å². The van der Waals surface area contributed by atoms with Gasteiger partial charge in [0.15, 0.2) is 0 Å². The summed E-state index contributed by atoms with van der Waals surface area (Å²) in [6.45, 7) is -2.61. The number of hydrogen-bond donors (Lipinski definition) is 1. The number of ether oxygens (including phenoxy) is 1. The molecule has 0 aliphatic carbocycles. The van der Waals surface area contributed by atoms with Gasteiger partial charge in [-0.05, 0) is 29.8 Å². The molecular weight excluding hydrogens is 331 g/mol. The molecule has 0 saturated heterocycles. The molecule has 1 heterocycles. The minimum absolute atomic E-state index is 0.0516. The summed E-state index contributed by atoms with van der Waals surface area (Å²) in [5.41, 5.74) is 0.749. The zero-order valence-electron chi connectivity index (χ0n) is 11.6. The Morgan fingerprint density at radius 3 is 2.52 bits per heavy atom. The van der Waals surface area contributed by atoms with Crippen molar-refractivity contribution in [3.63, 3.8) is 0 Å². The maximum atomic E-state index is 13.4. The number of halogens is 4. The van der Waals surface area contributed by atoms with Crippen LogP contribution in [0.15, 0.2) is 42.6 Å². The van der Waals surface area contributed by atoms with E-state index in [9.17, 15) is 18.3 Å². The molecule has 3 rings (SSSR count). The zero-order valence-corrected chi connectivity index (χ0v) is 12.4. The van der Waals surface area contributed by atoms with E-state index in [1.54, 1.807) is 18.3 Å². The topological polar surface area (TPSA) is 34.4 Å². The molecule has 0 radical (unpaired) electrons. The number of rotatable bonds is 4. The highest BCUT2D eigenvalue weighted by atomic mass is 35.5. The van der Waals surface area contributed by atoms with Crippen molar-refractivity contribution in [3.05, 3.63) is 59.0 Å². The molecule has 1 aromatic heterocycles. The number of benzene rings is 2. The second-order valence-corrected chi connectivity index (χ2v) is 5.36. The zero-order chi connectivity index (χ0) is 16.6. The van der Waals surface area contributed by atoms with Gasteiger partial charge in [-0.2, -0.15) is 8.78 Å². The molecule has 120 valence electrons. The van der Waals surface area contributed by atoms with E-state index in [-0.39, 0.29) is 23.2 Å². The molecule has 2 aromatic carbocycles. The number of alkyl halides is 2. The van der Waals surface area contributed by atoms with Gasteiger partial charge in [-0.1, -0.05) is 23.7 Å².